The summed E-state index contributed by atoms with van der Waals surface area (Å²) in [4.78, 5) is 14.5. The predicted octanol–water partition coefficient (Wildman–Crippen LogP) is 2.58. The molecule has 0 radical (unpaired) electrons. The molecule has 1 aliphatic heterocycles. The summed E-state index contributed by atoms with van der Waals surface area (Å²) in [5, 5.41) is 15.6. The van der Waals surface area contributed by atoms with E-state index >= 15 is 0 Å². The Morgan fingerprint density at radius 3 is 2.30 bits per heavy atom. The maximum absolute atomic E-state index is 12.0. The minimum Gasteiger partial charge on any atom is -0.502 e. The second kappa shape index (κ2) is 10.3. The van der Waals surface area contributed by atoms with Gasteiger partial charge in [0.1, 0.15) is 0 Å². The molecule has 7 heteroatoms. The molecule has 1 aromatic carbocycles. The number of likely N-dealkylation sites (tertiary alicyclic amines) is 1. The maximum Gasteiger partial charge on any atom is 0.315 e. The zero-order chi connectivity index (χ0) is 19.8. The number of rotatable bonds is 8. The summed E-state index contributed by atoms with van der Waals surface area (Å²) >= 11 is 0. The highest BCUT2D eigenvalue weighted by molar-refractivity contribution is 5.73. The quantitative estimate of drug-likeness (QED) is 0.605. The van der Waals surface area contributed by atoms with E-state index in [4.69, 9.17) is 9.47 Å². The standard InChI is InChI=1S/C20H33N3O4/c1-14-8-15(2)13-23(12-14)7-5-6-21-20(25)22-11-16-9-17(26-3)19(24)18(10-16)27-4/h9-10,14-15,24H,5-8,11-13H2,1-4H3,(H2,21,22,25). The van der Waals surface area contributed by atoms with Gasteiger partial charge < -0.3 is 30.1 Å². The molecule has 0 aliphatic carbocycles. The van der Waals surface area contributed by atoms with Crippen molar-refractivity contribution in [3.8, 4) is 17.2 Å². The van der Waals surface area contributed by atoms with Crippen molar-refractivity contribution < 1.29 is 19.4 Å². The first-order chi connectivity index (χ1) is 12.9. The van der Waals surface area contributed by atoms with E-state index in [1.165, 1.54) is 20.6 Å². The zero-order valence-corrected chi connectivity index (χ0v) is 16.9. The van der Waals surface area contributed by atoms with Crippen LogP contribution in [-0.4, -0.2) is 56.4 Å². The third-order valence-electron chi connectivity index (χ3n) is 4.87. The summed E-state index contributed by atoms with van der Waals surface area (Å²) in [6, 6.07) is 3.15. The summed E-state index contributed by atoms with van der Waals surface area (Å²) in [5.41, 5.74) is 0.785. The Labute approximate surface area is 162 Å². The molecule has 2 atom stereocenters. The number of ether oxygens (including phenoxy) is 2. The second-order valence-corrected chi connectivity index (χ2v) is 7.52. The van der Waals surface area contributed by atoms with E-state index in [9.17, 15) is 9.90 Å². The zero-order valence-electron chi connectivity index (χ0n) is 16.9. The summed E-state index contributed by atoms with van der Waals surface area (Å²) < 4.78 is 10.2. The lowest BCUT2D eigenvalue weighted by atomic mass is 9.92. The Hall–Kier alpha value is -2.15. The van der Waals surface area contributed by atoms with Gasteiger partial charge in [-0.2, -0.15) is 0 Å². The van der Waals surface area contributed by atoms with Crippen LogP contribution in [0.4, 0.5) is 4.79 Å². The van der Waals surface area contributed by atoms with E-state index < -0.39 is 0 Å². The lowest BCUT2D eigenvalue weighted by molar-refractivity contribution is 0.139. The van der Waals surface area contributed by atoms with Crippen LogP contribution in [0.5, 0.6) is 17.2 Å². The topological polar surface area (TPSA) is 83.1 Å². The molecule has 0 bridgehead atoms. The molecular formula is C20H33N3O4. The third-order valence-corrected chi connectivity index (χ3v) is 4.87. The Morgan fingerprint density at radius 2 is 1.74 bits per heavy atom. The number of hydrogen-bond acceptors (Lipinski definition) is 5. The van der Waals surface area contributed by atoms with Crippen molar-refractivity contribution in [2.45, 2.75) is 33.2 Å². The molecule has 1 aromatic rings. The van der Waals surface area contributed by atoms with Crippen LogP contribution in [-0.2, 0) is 6.54 Å². The Morgan fingerprint density at radius 1 is 1.15 bits per heavy atom. The largest absolute Gasteiger partial charge is 0.502 e. The van der Waals surface area contributed by atoms with E-state index in [2.05, 4.69) is 29.4 Å². The molecule has 1 fully saturated rings. The van der Waals surface area contributed by atoms with E-state index in [0.29, 0.717) is 24.6 Å². The van der Waals surface area contributed by atoms with Gasteiger partial charge in [0.15, 0.2) is 11.5 Å². The number of carbonyl (C=O) groups excluding carboxylic acids is 1. The lowest BCUT2D eigenvalue weighted by Crippen LogP contribution is -2.41. The lowest BCUT2D eigenvalue weighted by Gasteiger charge is -2.34. The number of carbonyl (C=O) groups is 1. The fourth-order valence-corrected chi connectivity index (χ4v) is 3.77. The van der Waals surface area contributed by atoms with Gasteiger partial charge in [-0.1, -0.05) is 13.8 Å². The number of nitrogens with one attached hydrogen (secondary N) is 2. The summed E-state index contributed by atoms with van der Waals surface area (Å²) in [7, 11) is 2.95. The third kappa shape index (κ3) is 6.50. The first kappa shape index (κ1) is 21.2. The summed E-state index contributed by atoms with van der Waals surface area (Å²) in [6.45, 7) is 8.90. The van der Waals surface area contributed by atoms with Gasteiger partial charge >= 0.3 is 6.03 Å². The highest BCUT2D eigenvalue weighted by atomic mass is 16.5. The van der Waals surface area contributed by atoms with Crippen LogP contribution < -0.4 is 20.1 Å². The number of phenolic OH excluding ortho intramolecular Hbond substituents is 1. The molecule has 0 spiro atoms. The van der Waals surface area contributed by atoms with Crippen molar-refractivity contribution in [2.75, 3.05) is 40.4 Å². The van der Waals surface area contributed by atoms with E-state index in [1.54, 1.807) is 12.1 Å². The number of nitrogens with zero attached hydrogens (tertiary/aromatic N) is 1. The molecule has 1 aliphatic rings. The maximum atomic E-state index is 12.0. The van der Waals surface area contributed by atoms with Crippen molar-refractivity contribution >= 4 is 6.03 Å². The van der Waals surface area contributed by atoms with Gasteiger partial charge in [-0.25, -0.2) is 4.79 Å². The minimum absolute atomic E-state index is 0.0467. The number of hydrogen-bond donors (Lipinski definition) is 3. The molecule has 1 saturated heterocycles. The monoisotopic (exact) mass is 379 g/mol. The van der Waals surface area contributed by atoms with Crippen LogP contribution in [0.2, 0.25) is 0 Å². The van der Waals surface area contributed by atoms with Crippen LogP contribution in [0, 0.1) is 11.8 Å². The Balaban J connectivity index is 1.70. The number of amides is 2. The molecule has 3 N–H and O–H groups in total. The molecule has 7 nitrogen and oxygen atoms in total. The Kier molecular flexibility index (Phi) is 8.03. The van der Waals surface area contributed by atoms with Gasteiger partial charge in [0, 0.05) is 26.2 Å². The fraction of sp³-hybridized carbons (Fsp3) is 0.650. The van der Waals surface area contributed by atoms with Crippen molar-refractivity contribution in [1.82, 2.24) is 15.5 Å². The molecule has 152 valence electrons. The average molecular weight is 380 g/mol. The van der Waals surface area contributed by atoms with Crippen molar-refractivity contribution in [3.05, 3.63) is 17.7 Å². The predicted molar refractivity (Wildman–Crippen MR) is 105 cm³/mol. The minimum atomic E-state index is -0.207. The highest BCUT2D eigenvalue weighted by Gasteiger charge is 2.21. The molecule has 0 saturated carbocycles. The van der Waals surface area contributed by atoms with Crippen LogP contribution in [0.15, 0.2) is 12.1 Å². The van der Waals surface area contributed by atoms with Gasteiger partial charge in [-0.15, -0.1) is 0 Å². The second-order valence-electron chi connectivity index (χ2n) is 7.52. The number of aromatic hydroxyl groups is 1. The van der Waals surface area contributed by atoms with Gasteiger partial charge in [0.25, 0.3) is 0 Å². The molecule has 2 rings (SSSR count). The van der Waals surface area contributed by atoms with E-state index in [-0.39, 0.29) is 11.8 Å². The van der Waals surface area contributed by atoms with Crippen molar-refractivity contribution in [1.29, 1.82) is 0 Å². The first-order valence-electron chi connectivity index (χ1n) is 9.60. The number of phenols is 1. The van der Waals surface area contributed by atoms with Crippen LogP contribution in [0.3, 0.4) is 0 Å². The molecule has 2 amide bonds. The van der Waals surface area contributed by atoms with Crippen molar-refractivity contribution in [3.63, 3.8) is 0 Å². The van der Waals surface area contributed by atoms with E-state index in [0.717, 1.165) is 43.5 Å². The van der Waals surface area contributed by atoms with Crippen LogP contribution in [0.1, 0.15) is 32.3 Å². The van der Waals surface area contributed by atoms with Crippen LogP contribution in [0.25, 0.3) is 0 Å². The highest BCUT2D eigenvalue weighted by Crippen LogP contribution is 2.36. The number of urea groups is 1. The van der Waals surface area contributed by atoms with Crippen LogP contribution >= 0.6 is 0 Å². The normalized spacial score (nSPS) is 20.1. The number of piperidine rings is 1. The number of methoxy groups -OCH3 is 2. The van der Waals surface area contributed by atoms with Gasteiger partial charge in [0.05, 0.1) is 14.2 Å². The molecular weight excluding hydrogens is 346 g/mol. The smallest absolute Gasteiger partial charge is 0.315 e. The summed E-state index contributed by atoms with van der Waals surface area (Å²) in [5.74, 6) is 2.09. The Bertz CT molecular complexity index is 588. The fourth-order valence-electron chi connectivity index (χ4n) is 3.77. The molecule has 2 unspecified atom stereocenters. The van der Waals surface area contributed by atoms with Gasteiger partial charge in [0.2, 0.25) is 5.75 Å². The van der Waals surface area contributed by atoms with Gasteiger partial charge in [-0.3, -0.25) is 0 Å². The molecule has 0 aromatic heterocycles. The summed E-state index contributed by atoms with van der Waals surface area (Å²) in [6.07, 6.45) is 2.25. The first-order valence-corrected chi connectivity index (χ1v) is 9.60. The average Bonchev–Trinajstić information content (AvgIpc) is 2.63. The van der Waals surface area contributed by atoms with Gasteiger partial charge in [-0.05, 0) is 48.9 Å². The molecule has 1 heterocycles. The SMILES string of the molecule is COc1cc(CNC(=O)NCCCN2CC(C)CC(C)C2)cc(OC)c1O. The van der Waals surface area contributed by atoms with E-state index in [1.807, 2.05) is 0 Å². The molecule has 27 heavy (non-hydrogen) atoms. The van der Waals surface area contributed by atoms with Crippen molar-refractivity contribution in [2.24, 2.45) is 11.8 Å². The number of benzene rings is 1.